The fourth-order valence-electron chi connectivity index (χ4n) is 1.28. The van der Waals surface area contributed by atoms with E-state index in [1.165, 1.54) is 12.1 Å². The van der Waals surface area contributed by atoms with Gasteiger partial charge < -0.3 is 10.2 Å². The lowest BCUT2D eigenvalue weighted by molar-refractivity contribution is -0.385. The van der Waals surface area contributed by atoms with Gasteiger partial charge in [0.1, 0.15) is 11.9 Å². The molecule has 1 rings (SSSR count). The second kappa shape index (κ2) is 5.77. The van der Waals surface area contributed by atoms with Gasteiger partial charge in [0, 0.05) is 26.2 Å². The number of likely N-dealkylation sites (N-methyl/N-ethyl adjacent to an activating group) is 2. The predicted molar refractivity (Wildman–Crippen MR) is 62.8 cm³/mol. The molecule has 90 valence electrons. The first-order valence-corrected chi connectivity index (χ1v) is 5.01. The van der Waals surface area contributed by atoms with Gasteiger partial charge in [-0.25, -0.2) is 4.98 Å². The van der Waals surface area contributed by atoms with Crippen molar-refractivity contribution in [3.8, 4) is 6.07 Å². The van der Waals surface area contributed by atoms with E-state index in [2.05, 4.69) is 10.3 Å². The highest BCUT2D eigenvalue weighted by Gasteiger charge is 2.16. The van der Waals surface area contributed by atoms with Crippen molar-refractivity contribution in [2.24, 2.45) is 0 Å². The van der Waals surface area contributed by atoms with Crippen LogP contribution in [0.3, 0.4) is 0 Å². The molecule has 0 bridgehead atoms. The molecule has 0 aliphatic rings. The summed E-state index contributed by atoms with van der Waals surface area (Å²) in [6.45, 7) is 1.46. The number of hydrogen-bond acceptors (Lipinski definition) is 6. The summed E-state index contributed by atoms with van der Waals surface area (Å²) in [4.78, 5) is 15.8. The van der Waals surface area contributed by atoms with E-state index in [1.54, 1.807) is 6.07 Å². The van der Waals surface area contributed by atoms with Crippen LogP contribution >= 0.6 is 0 Å². The Morgan fingerprint density at radius 1 is 1.65 bits per heavy atom. The minimum absolute atomic E-state index is 0.163. The lowest BCUT2D eigenvalue weighted by Crippen LogP contribution is -2.27. The highest BCUT2D eigenvalue weighted by atomic mass is 16.6. The van der Waals surface area contributed by atoms with E-state index in [0.717, 1.165) is 6.54 Å². The van der Waals surface area contributed by atoms with E-state index >= 15 is 0 Å². The van der Waals surface area contributed by atoms with Crippen molar-refractivity contribution in [3.05, 3.63) is 27.9 Å². The number of rotatable bonds is 5. The Balaban J connectivity index is 2.98. The van der Waals surface area contributed by atoms with Gasteiger partial charge >= 0.3 is 5.69 Å². The molecule has 0 fully saturated rings. The first-order valence-electron chi connectivity index (χ1n) is 5.01. The number of aromatic nitrogens is 1. The topological polar surface area (TPSA) is 95.1 Å². The summed E-state index contributed by atoms with van der Waals surface area (Å²) in [5.41, 5.74) is -0.429. The van der Waals surface area contributed by atoms with E-state index in [1.807, 2.05) is 19.0 Å². The molecule has 0 radical (unpaired) electrons. The fraction of sp³-hybridized carbons (Fsp3) is 0.400. The Morgan fingerprint density at radius 3 is 2.88 bits per heavy atom. The molecule has 0 spiro atoms. The summed E-state index contributed by atoms with van der Waals surface area (Å²) in [6, 6.07) is 4.57. The maximum atomic E-state index is 10.6. The van der Waals surface area contributed by atoms with Gasteiger partial charge in [0.05, 0.1) is 4.92 Å². The predicted octanol–water partition coefficient (Wildman–Crippen LogP) is 0.517. The number of nitrogens with one attached hydrogen (secondary N) is 1. The number of nitrogens with zero attached hydrogens (tertiary/aromatic N) is 4. The zero-order chi connectivity index (χ0) is 12.8. The van der Waals surface area contributed by atoms with Crippen molar-refractivity contribution in [1.82, 2.24) is 10.3 Å². The SMILES string of the molecule is CNCCN(C)c1ccc([N+](=O)[O-])c(C#N)n1. The zero-order valence-electron chi connectivity index (χ0n) is 9.67. The standard InChI is InChI=1S/C10H13N5O2/c1-12-5-6-14(2)10-4-3-9(15(16)17)8(7-11)13-10/h3-4,12H,5-6H2,1-2H3. The van der Waals surface area contributed by atoms with Crippen LogP contribution in [0.2, 0.25) is 0 Å². The minimum atomic E-state index is -0.608. The fourth-order valence-corrected chi connectivity index (χ4v) is 1.28. The zero-order valence-corrected chi connectivity index (χ0v) is 9.67. The molecule has 0 saturated carbocycles. The molecular formula is C10H13N5O2. The second-order valence-corrected chi connectivity index (χ2v) is 3.43. The Bertz CT molecular complexity index is 454. The highest BCUT2D eigenvalue weighted by molar-refractivity contribution is 5.51. The Hall–Kier alpha value is -2.20. The Kier molecular flexibility index (Phi) is 4.37. The van der Waals surface area contributed by atoms with Crippen molar-refractivity contribution in [2.75, 3.05) is 32.1 Å². The summed E-state index contributed by atoms with van der Waals surface area (Å²) < 4.78 is 0. The van der Waals surface area contributed by atoms with Crippen LogP contribution in [-0.4, -0.2) is 37.1 Å². The maximum absolute atomic E-state index is 10.6. The molecule has 7 heteroatoms. The van der Waals surface area contributed by atoms with Crippen molar-refractivity contribution < 1.29 is 4.92 Å². The van der Waals surface area contributed by atoms with E-state index < -0.39 is 4.92 Å². The van der Waals surface area contributed by atoms with Gasteiger partial charge in [-0.2, -0.15) is 5.26 Å². The number of nitriles is 1. The lowest BCUT2D eigenvalue weighted by atomic mass is 10.3. The third kappa shape index (κ3) is 3.12. The van der Waals surface area contributed by atoms with Gasteiger partial charge in [-0.15, -0.1) is 0 Å². The van der Waals surface area contributed by atoms with Gasteiger partial charge in [0.25, 0.3) is 0 Å². The van der Waals surface area contributed by atoms with Gasteiger partial charge in [-0.05, 0) is 13.1 Å². The molecule has 1 aromatic rings. The number of pyridine rings is 1. The van der Waals surface area contributed by atoms with Crippen molar-refractivity contribution in [2.45, 2.75) is 0 Å². The normalized spacial score (nSPS) is 9.71. The van der Waals surface area contributed by atoms with E-state index in [9.17, 15) is 10.1 Å². The lowest BCUT2D eigenvalue weighted by Gasteiger charge is -2.17. The highest BCUT2D eigenvalue weighted by Crippen LogP contribution is 2.19. The molecule has 0 aromatic carbocycles. The van der Waals surface area contributed by atoms with Crippen LogP contribution in [0.5, 0.6) is 0 Å². The maximum Gasteiger partial charge on any atom is 0.305 e. The van der Waals surface area contributed by atoms with Crippen LogP contribution in [0.25, 0.3) is 0 Å². The average Bonchev–Trinajstić information content (AvgIpc) is 2.34. The summed E-state index contributed by atoms with van der Waals surface area (Å²) in [6.07, 6.45) is 0. The largest absolute Gasteiger partial charge is 0.358 e. The van der Waals surface area contributed by atoms with Crippen molar-refractivity contribution in [3.63, 3.8) is 0 Å². The van der Waals surface area contributed by atoms with Crippen LogP contribution in [-0.2, 0) is 0 Å². The van der Waals surface area contributed by atoms with Crippen molar-refractivity contribution >= 4 is 11.5 Å². The first kappa shape index (κ1) is 12.9. The Morgan fingerprint density at radius 2 is 2.35 bits per heavy atom. The van der Waals surface area contributed by atoms with E-state index in [0.29, 0.717) is 12.4 Å². The van der Waals surface area contributed by atoms with Gasteiger partial charge in [-0.3, -0.25) is 10.1 Å². The number of nitro groups is 1. The molecule has 17 heavy (non-hydrogen) atoms. The molecular weight excluding hydrogens is 222 g/mol. The van der Waals surface area contributed by atoms with E-state index in [4.69, 9.17) is 5.26 Å². The minimum Gasteiger partial charge on any atom is -0.358 e. The molecule has 0 saturated heterocycles. The van der Waals surface area contributed by atoms with Gasteiger partial charge in [-0.1, -0.05) is 0 Å². The van der Waals surface area contributed by atoms with Crippen LogP contribution in [0.4, 0.5) is 11.5 Å². The molecule has 7 nitrogen and oxygen atoms in total. The van der Waals surface area contributed by atoms with Crippen LogP contribution in [0.1, 0.15) is 5.69 Å². The van der Waals surface area contributed by atoms with Crippen LogP contribution in [0, 0.1) is 21.4 Å². The van der Waals surface area contributed by atoms with Gasteiger partial charge in [0.15, 0.2) is 0 Å². The smallest absolute Gasteiger partial charge is 0.305 e. The molecule has 1 N–H and O–H groups in total. The number of hydrogen-bond donors (Lipinski definition) is 1. The monoisotopic (exact) mass is 235 g/mol. The average molecular weight is 235 g/mol. The third-order valence-corrected chi connectivity index (χ3v) is 2.25. The summed E-state index contributed by atoms with van der Waals surface area (Å²) in [5.74, 6) is 0.544. The summed E-state index contributed by atoms with van der Waals surface area (Å²) in [7, 11) is 3.64. The van der Waals surface area contributed by atoms with Gasteiger partial charge in [0.2, 0.25) is 5.69 Å². The third-order valence-electron chi connectivity index (χ3n) is 2.25. The second-order valence-electron chi connectivity index (χ2n) is 3.43. The van der Waals surface area contributed by atoms with Crippen LogP contribution in [0.15, 0.2) is 12.1 Å². The molecule has 0 atom stereocenters. The van der Waals surface area contributed by atoms with Crippen LogP contribution < -0.4 is 10.2 Å². The summed E-state index contributed by atoms with van der Waals surface area (Å²) >= 11 is 0. The molecule has 0 aliphatic heterocycles. The molecule has 0 aliphatic carbocycles. The molecule has 0 unspecified atom stereocenters. The van der Waals surface area contributed by atoms with E-state index in [-0.39, 0.29) is 11.4 Å². The quantitative estimate of drug-likeness (QED) is 0.590. The molecule has 1 heterocycles. The number of anilines is 1. The first-order chi connectivity index (χ1) is 8.10. The molecule has 0 amide bonds. The Labute approximate surface area is 98.8 Å². The van der Waals surface area contributed by atoms with Crippen molar-refractivity contribution in [1.29, 1.82) is 5.26 Å². The summed E-state index contributed by atoms with van der Waals surface area (Å²) in [5, 5.41) is 22.4. The molecule has 1 aromatic heterocycles.